The Morgan fingerprint density at radius 1 is 0.219 bits per heavy atom. The summed E-state index contributed by atoms with van der Waals surface area (Å²) in [7, 11) is 0. The highest BCUT2D eigenvalue weighted by Gasteiger charge is 2.17. The van der Waals surface area contributed by atoms with E-state index in [0.29, 0.717) is 0 Å². The van der Waals surface area contributed by atoms with Gasteiger partial charge in [0, 0.05) is 126 Å². The number of para-hydroxylation sites is 1. The molecule has 0 spiro atoms. The average Bonchev–Trinajstić information content (AvgIpc) is 0.459. The number of fused-ring (bicyclic) bond motifs is 14. The van der Waals surface area contributed by atoms with Crippen molar-refractivity contribution < 1.29 is 0 Å². The van der Waals surface area contributed by atoms with Gasteiger partial charge in [0.15, 0.2) is 0 Å². The molecule has 0 aliphatic rings. The first-order valence-electron chi connectivity index (χ1n) is 37.8. The molecule has 0 amide bonds. The molecule has 552 valence electrons. The SMILES string of the molecule is Cc1c2ccc3ccccc3c2nc2c1ccc1ccccc12.Cc1c2ccccc2nc2c1ccc1ccccc12.Cc1ccc2cc3ccc4ccccc4c3nc2c1.Cc1ccncn1.Cc1cnccn1.Cc1cncnc1.Cc1nc(-c2ccccc2)c(-c2ccccc2)nc1-c1ccccc1.Cc1ncccn1. The van der Waals surface area contributed by atoms with Crippen molar-refractivity contribution in [3.8, 4) is 33.8 Å². The Hall–Kier alpha value is -14.7. The largest absolute Gasteiger partial charge is 0.261 e. The van der Waals surface area contributed by atoms with E-state index in [1.165, 1.54) is 105 Å². The summed E-state index contributed by atoms with van der Waals surface area (Å²) in [6.07, 6.45) is 16.8. The molecule has 0 radical (unpaired) electrons. The van der Waals surface area contributed by atoms with Gasteiger partial charge in [-0.2, -0.15) is 0 Å². The molecule has 0 fully saturated rings. The Morgan fingerprint density at radius 2 is 0.667 bits per heavy atom. The van der Waals surface area contributed by atoms with Crippen LogP contribution in [0.25, 0.3) is 142 Å². The molecule has 13 heteroatoms. The van der Waals surface area contributed by atoms with Gasteiger partial charge in [-0.3, -0.25) is 9.97 Å². The van der Waals surface area contributed by atoms with Crippen LogP contribution in [0.2, 0.25) is 0 Å². The van der Waals surface area contributed by atoms with Gasteiger partial charge in [0.05, 0.1) is 61.6 Å². The van der Waals surface area contributed by atoms with Gasteiger partial charge in [-0.1, -0.05) is 267 Å². The second kappa shape index (κ2) is 36.7. The van der Waals surface area contributed by atoms with Crippen molar-refractivity contribution in [3.63, 3.8) is 0 Å². The van der Waals surface area contributed by atoms with Gasteiger partial charge in [-0.15, -0.1) is 0 Å². The summed E-state index contributed by atoms with van der Waals surface area (Å²) in [5, 5.41) is 17.3. The van der Waals surface area contributed by atoms with Gasteiger partial charge < -0.3 is 0 Å². The molecule has 0 unspecified atom stereocenters. The number of aromatic nitrogens is 13. The molecule has 0 aliphatic heterocycles. The second-order valence-electron chi connectivity index (χ2n) is 27.4. The second-order valence-corrected chi connectivity index (χ2v) is 27.4. The molecule has 13 nitrogen and oxygen atoms in total. The maximum Gasteiger partial charge on any atom is 0.125 e. The normalized spacial score (nSPS) is 10.6. The minimum Gasteiger partial charge on any atom is -0.261 e. The third kappa shape index (κ3) is 18.4. The van der Waals surface area contributed by atoms with E-state index >= 15 is 0 Å². The minimum atomic E-state index is 0.822. The van der Waals surface area contributed by atoms with Gasteiger partial charge in [0.2, 0.25) is 0 Å². The number of hydrogen-bond donors (Lipinski definition) is 0. The molecule has 0 aliphatic carbocycles. The molecular formula is C101H83N13. The van der Waals surface area contributed by atoms with Crippen LogP contribution in [-0.2, 0) is 0 Å². The Morgan fingerprint density at radius 3 is 1.12 bits per heavy atom. The van der Waals surface area contributed by atoms with E-state index < -0.39 is 0 Å². The minimum absolute atomic E-state index is 0.822. The van der Waals surface area contributed by atoms with Gasteiger partial charge in [-0.05, 0) is 130 Å². The summed E-state index contributed by atoms with van der Waals surface area (Å²) in [5.74, 6) is 0.822. The van der Waals surface area contributed by atoms with E-state index in [0.717, 1.165) is 95.3 Å². The zero-order valence-corrected chi connectivity index (χ0v) is 64.9. The van der Waals surface area contributed by atoms with Crippen LogP contribution in [0.1, 0.15) is 45.2 Å². The Balaban J connectivity index is 0.000000113. The maximum absolute atomic E-state index is 5.09. The van der Waals surface area contributed by atoms with Crippen molar-refractivity contribution >= 4 is 109 Å². The van der Waals surface area contributed by atoms with Crippen LogP contribution >= 0.6 is 0 Å². The van der Waals surface area contributed by atoms with Crippen LogP contribution in [0.4, 0.5) is 0 Å². The number of hydrogen-bond acceptors (Lipinski definition) is 13. The fraction of sp³-hybridized carbons (Fsp3) is 0.0792. The summed E-state index contributed by atoms with van der Waals surface area (Å²) < 4.78 is 0. The van der Waals surface area contributed by atoms with Crippen molar-refractivity contribution in [1.29, 1.82) is 0 Å². The van der Waals surface area contributed by atoms with Gasteiger partial charge in [0.25, 0.3) is 0 Å². The number of rotatable bonds is 3. The van der Waals surface area contributed by atoms with Crippen molar-refractivity contribution in [2.24, 2.45) is 0 Å². The maximum atomic E-state index is 5.09. The number of aryl methyl sites for hydroxylation is 8. The monoisotopic (exact) mass is 1480 g/mol. The predicted molar refractivity (Wildman–Crippen MR) is 472 cm³/mol. The summed E-state index contributed by atoms with van der Waals surface area (Å²) in [6.45, 7) is 16.2. The summed E-state index contributed by atoms with van der Waals surface area (Å²) in [6, 6.07) is 103. The van der Waals surface area contributed by atoms with Crippen molar-refractivity contribution in [2.75, 3.05) is 0 Å². The summed E-state index contributed by atoms with van der Waals surface area (Å²) in [5.41, 5.74) is 20.4. The molecular weight excluding hydrogens is 1400 g/mol. The van der Waals surface area contributed by atoms with Crippen molar-refractivity contribution in [3.05, 3.63) is 405 Å². The van der Waals surface area contributed by atoms with E-state index in [2.05, 4.69) is 285 Å². The third-order valence-electron chi connectivity index (χ3n) is 19.4. The Kier molecular flexibility index (Phi) is 24.5. The van der Waals surface area contributed by atoms with Crippen LogP contribution in [0, 0.1) is 55.4 Å². The topological polar surface area (TPSA) is 168 Å². The van der Waals surface area contributed by atoms with E-state index in [1.807, 2.05) is 101 Å². The smallest absolute Gasteiger partial charge is 0.125 e. The van der Waals surface area contributed by atoms with Crippen LogP contribution in [0.15, 0.2) is 359 Å². The van der Waals surface area contributed by atoms with Crippen LogP contribution in [0.3, 0.4) is 0 Å². The molecule has 0 N–H and O–H groups in total. The van der Waals surface area contributed by atoms with Gasteiger partial charge >= 0.3 is 0 Å². The number of benzene rings is 13. The molecule has 8 heterocycles. The lowest BCUT2D eigenvalue weighted by Gasteiger charge is -2.13. The fourth-order valence-electron chi connectivity index (χ4n) is 13.6. The highest BCUT2D eigenvalue weighted by Crippen LogP contribution is 2.37. The predicted octanol–water partition coefficient (Wildman–Crippen LogP) is 24.6. The van der Waals surface area contributed by atoms with E-state index in [4.69, 9.17) is 24.9 Å². The molecule has 114 heavy (non-hydrogen) atoms. The first kappa shape index (κ1) is 76.1. The number of nitrogens with zero attached hydrogens (tertiary/aromatic N) is 13. The summed E-state index contributed by atoms with van der Waals surface area (Å²) >= 11 is 0. The van der Waals surface area contributed by atoms with E-state index in [-0.39, 0.29) is 0 Å². The average molecular weight is 1480 g/mol. The van der Waals surface area contributed by atoms with Crippen LogP contribution < -0.4 is 0 Å². The van der Waals surface area contributed by atoms with Crippen molar-refractivity contribution in [1.82, 2.24) is 64.8 Å². The zero-order valence-electron chi connectivity index (χ0n) is 64.9. The lowest BCUT2D eigenvalue weighted by molar-refractivity contribution is 1.05. The molecule has 8 aromatic heterocycles. The Bertz CT molecular complexity index is 6560. The molecule has 21 aromatic rings. The molecule has 0 atom stereocenters. The highest BCUT2D eigenvalue weighted by molar-refractivity contribution is 6.16. The number of pyridine rings is 3. The van der Waals surface area contributed by atoms with E-state index in [9.17, 15) is 0 Å². The van der Waals surface area contributed by atoms with Gasteiger partial charge in [-0.25, -0.2) is 54.8 Å². The first-order valence-corrected chi connectivity index (χ1v) is 37.8. The molecule has 0 bridgehead atoms. The zero-order chi connectivity index (χ0) is 78.5. The lowest BCUT2D eigenvalue weighted by Crippen LogP contribution is -2.00. The van der Waals surface area contributed by atoms with Crippen molar-refractivity contribution in [2.45, 2.75) is 55.4 Å². The molecule has 0 saturated carbocycles. The third-order valence-corrected chi connectivity index (χ3v) is 19.4. The van der Waals surface area contributed by atoms with E-state index in [1.54, 1.807) is 55.6 Å². The first-order chi connectivity index (χ1) is 55.9. The lowest BCUT2D eigenvalue weighted by atomic mass is 9.97. The Labute approximate surface area is 663 Å². The highest BCUT2D eigenvalue weighted by atomic mass is 14.9. The standard InChI is InChI=1S/C23H18N2.C22H15N.2C18H13N.4C5H6N2/c1-17-21(18-11-5-2-6-12-18)25-23(20-15-9-4-10-16-20)22(24-17)19-13-7-3-8-14-19;1-14-17-12-10-15-6-2-4-8-19(15)21(17)23-22-18(14)13-11-16-7-3-5-9-20(16)22;1-12-14-7-4-5-9-17(14)19-18-15(12)11-10-13-6-2-3-8-16(13)18;1-12-6-7-14-11-15-9-8-13-4-2-3-5-16(13)18(15)19-17(14)10-12;1-5-2-6-4-7-3-5;1-5-4-6-2-3-7-5;1-5-2-3-6-4-7-5;1-5-6-3-2-4-7-5/h2-16H,1H3;2-13H,1H3;2*2-11H,1H3;4*2-4H,1H3. The van der Waals surface area contributed by atoms with Gasteiger partial charge in [0.1, 0.15) is 18.5 Å². The quantitative estimate of drug-likeness (QED) is 0.121. The van der Waals surface area contributed by atoms with Crippen LogP contribution in [0.5, 0.6) is 0 Å². The fourth-order valence-corrected chi connectivity index (χ4v) is 13.6. The molecule has 21 rings (SSSR count). The molecule has 13 aromatic carbocycles. The molecule has 0 saturated heterocycles. The van der Waals surface area contributed by atoms with Crippen LogP contribution in [-0.4, -0.2) is 64.8 Å². The summed E-state index contributed by atoms with van der Waals surface area (Å²) in [4.78, 5) is 55.4.